The van der Waals surface area contributed by atoms with Crippen LogP contribution in [0.3, 0.4) is 0 Å². The zero-order valence-corrected chi connectivity index (χ0v) is 21.4. The molecule has 0 bridgehead atoms. The normalized spacial score (nSPS) is 18.5. The second kappa shape index (κ2) is 11.6. The number of halogens is 1. The molecule has 0 aliphatic carbocycles. The molecule has 2 N–H and O–H groups in total. The highest BCUT2D eigenvalue weighted by Crippen LogP contribution is 2.23. The second-order valence-corrected chi connectivity index (χ2v) is 9.48. The second-order valence-electron chi connectivity index (χ2n) is 9.07. The van der Waals surface area contributed by atoms with Gasteiger partial charge >= 0.3 is 0 Å². The minimum atomic E-state index is -0.842. The Bertz CT molecular complexity index is 1120. The van der Waals surface area contributed by atoms with Crippen LogP contribution in [0.2, 0.25) is 5.02 Å². The first-order chi connectivity index (χ1) is 17.3. The minimum absolute atomic E-state index is 0.118. The number of piperazine rings is 2. The summed E-state index contributed by atoms with van der Waals surface area (Å²) in [5.41, 5.74) is 2.55. The molecule has 192 valence electrons. The summed E-state index contributed by atoms with van der Waals surface area (Å²) in [6.45, 7) is 5.86. The van der Waals surface area contributed by atoms with Crippen LogP contribution in [-0.4, -0.2) is 86.5 Å². The van der Waals surface area contributed by atoms with Crippen molar-refractivity contribution < 1.29 is 19.1 Å². The Balaban J connectivity index is 1.32. The number of amides is 3. The Hall–Kier alpha value is -3.30. The van der Waals surface area contributed by atoms with Crippen LogP contribution in [0.4, 0.5) is 11.4 Å². The largest absolute Gasteiger partial charge is 0.497 e. The number of benzene rings is 2. The van der Waals surface area contributed by atoms with E-state index in [1.807, 2.05) is 31.2 Å². The van der Waals surface area contributed by atoms with Crippen molar-refractivity contribution in [2.45, 2.75) is 19.4 Å². The van der Waals surface area contributed by atoms with Gasteiger partial charge in [-0.3, -0.25) is 19.3 Å². The lowest BCUT2D eigenvalue weighted by atomic mass is 10.1. The molecule has 3 amide bonds. The number of methoxy groups -OCH3 is 1. The lowest BCUT2D eigenvalue weighted by molar-refractivity contribution is -0.145. The standard InChI is InChI=1S/C26H32ClN5O4/c1-18-6-7-19(14-22(18)27)29-24(33)16-23-26(35)28-8-9-32(23)25(34)17-30-10-12-31(13-11-30)20-4-3-5-21(15-20)36-2/h3-7,14-15,23H,8-13,16-17H2,1-2H3,(H,28,35)(H,29,33)/t23-/m1/s1. The van der Waals surface area contributed by atoms with E-state index in [4.69, 9.17) is 16.3 Å². The van der Waals surface area contributed by atoms with Gasteiger partial charge in [0, 0.05) is 61.7 Å². The Kier molecular flexibility index (Phi) is 8.32. The van der Waals surface area contributed by atoms with Crippen LogP contribution >= 0.6 is 11.6 Å². The minimum Gasteiger partial charge on any atom is -0.497 e. The Morgan fingerprint density at radius 2 is 1.89 bits per heavy atom. The van der Waals surface area contributed by atoms with Crippen LogP contribution in [0.1, 0.15) is 12.0 Å². The van der Waals surface area contributed by atoms with Crippen LogP contribution in [0.5, 0.6) is 5.75 Å². The Morgan fingerprint density at radius 1 is 1.11 bits per heavy atom. The van der Waals surface area contributed by atoms with E-state index in [0.29, 0.717) is 23.8 Å². The summed E-state index contributed by atoms with van der Waals surface area (Å²) < 4.78 is 5.32. The molecule has 10 heteroatoms. The van der Waals surface area contributed by atoms with Gasteiger partial charge in [0.15, 0.2) is 0 Å². The summed E-state index contributed by atoms with van der Waals surface area (Å²) in [6.07, 6.45) is -0.118. The van der Waals surface area contributed by atoms with E-state index in [-0.39, 0.29) is 30.7 Å². The predicted octanol–water partition coefficient (Wildman–Crippen LogP) is 2.13. The summed E-state index contributed by atoms with van der Waals surface area (Å²) in [4.78, 5) is 44.4. The third kappa shape index (κ3) is 6.27. The molecule has 0 radical (unpaired) electrons. The zero-order chi connectivity index (χ0) is 25.7. The van der Waals surface area contributed by atoms with E-state index in [1.165, 1.54) is 4.90 Å². The molecule has 2 heterocycles. The summed E-state index contributed by atoms with van der Waals surface area (Å²) in [5, 5.41) is 6.10. The molecule has 2 aromatic rings. The molecule has 2 saturated heterocycles. The summed E-state index contributed by atoms with van der Waals surface area (Å²) in [6, 6.07) is 12.3. The number of carbonyl (C=O) groups excluding carboxylic acids is 3. The first-order valence-electron chi connectivity index (χ1n) is 12.1. The molecule has 1 atom stereocenters. The maximum absolute atomic E-state index is 13.2. The molecule has 9 nitrogen and oxygen atoms in total. The van der Waals surface area contributed by atoms with Crippen molar-refractivity contribution in [1.82, 2.24) is 15.1 Å². The van der Waals surface area contributed by atoms with Crippen molar-refractivity contribution in [1.29, 1.82) is 0 Å². The maximum Gasteiger partial charge on any atom is 0.243 e. The molecule has 0 aromatic heterocycles. The number of carbonyl (C=O) groups is 3. The van der Waals surface area contributed by atoms with Gasteiger partial charge in [-0.05, 0) is 36.8 Å². The smallest absolute Gasteiger partial charge is 0.243 e. The van der Waals surface area contributed by atoms with Crippen LogP contribution in [-0.2, 0) is 14.4 Å². The molecular formula is C26H32ClN5O4. The Morgan fingerprint density at radius 3 is 2.61 bits per heavy atom. The molecule has 0 saturated carbocycles. The topological polar surface area (TPSA) is 94.2 Å². The number of aryl methyl sites for hydroxylation is 1. The van der Waals surface area contributed by atoms with E-state index in [9.17, 15) is 14.4 Å². The van der Waals surface area contributed by atoms with Gasteiger partial charge < -0.3 is 25.2 Å². The fourth-order valence-corrected chi connectivity index (χ4v) is 4.71. The highest BCUT2D eigenvalue weighted by molar-refractivity contribution is 6.31. The van der Waals surface area contributed by atoms with E-state index in [0.717, 1.165) is 43.2 Å². The van der Waals surface area contributed by atoms with Crippen molar-refractivity contribution in [3.05, 3.63) is 53.1 Å². The van der Waals surface area contributed by atoms with Crippen molar-refractivity contribution in [3.63, 3.8) is 0 Å². The molecular weight excluding hydrogens is 482 g/mol. The highest BCUT2D eigenvalue weighted by atomic mass is 35.5. The number of rotatable bonds is 7. The lowest BCUT2D eigenvalue weighted by Gasteiger charge is -2.39. The number of nitrogens with one attached hydrogen (secondary N) is 2. The molecule has 0 spiro atoms. The van der Waals surface area contributed by atoms with Crippen LogP contribution < -0.4 is 20.3 Å². The monoisotopic (exact) mass is 513 g/mol. The molecule has 2 aliphatic heterocycles. The molecule has 36 heavy (non-hydrogen) atoms. The molecule has 4 rings (SSSR count). The quantitative estimate of drug-likeness (QED) is 0.589. The number of hydrogen-bond donors (Lipinski definition) is 2. The van der Waals surface area contributed by atoms with Crippen LogP contribution in [0.25, 0.3) is 0 Å². The highest BCUT2D eigenvalue weighted by Gasteiger charge is 2.35. The number of nitrogens with zero attached hydrogens (tertiary/aromatic N) is 3. The van der Waals surface area contributed by atoms with Gasteiger partial charge in [-0.25, -0.2) is 0 Å². The van der Waals surface area contributed by atoms with Gasteiger partial charge in [0.05, 0.1) is 20.1 Å². The first-order valence-corrected chi connectivity index (χ1v) is 12.5. The molecule has 2 aromatic carbocycles. The van der Waals surface area contributed by atoms with Gasteiger partial charge in [-0.1, -0.05) is 23.7 Å². The lowest BCUT2D eigenvalue weighted by Crippen LogP contribution is -2.60. The molecule has 2 aliphatic rings. The fraction of sp³-hybridized carbons (Fsp3) is 0.423. The third-order valence-corrected chi connectivity index (χ3v) is 7.04. The van der Waals surface area contributed by atoms with Gasteiger partial charge in [-0.15, -0.1) is 0 Å². The first kappa shape index (κ1) is 25.8. The maximum atomic E-state index is 13.2. The number of hydrogen-bond acceptors (Lipinski definition) is 6. The summed E-state index contributed by atoms with van der Waals surface area (Å²) in [5.74, 6) is 0.0149. The van der Waals surface area contributed by atoms with Crippen molar-refractivity contribution in [3.8, 4) is 5.75 Å². The average molecular weight is 514 g/mol. The zero-order valence-electron chi connectivity index (χ0n) is 20.6. The van der Waals surface area contributed by atoms with Gasteiger partial charge in [0.2, 0.25) is 17.7 Å². The van der Waals surface area contributed by atoms with E-state index in [1.54, 1.807) is 19.2 Å². The SMILES string of the molecule is COc1cccc(N2CCN(CC(=O)N3CCNC(=O)[C@H]3CC(=O)Nc3ccc(C)c(Cl)c3)CC2)c1. The van der Waals surface area contributed by atoms with E-state index < -0.39 is 6.04 Å². The molecule has 0 unspecified atom stereocenters. The average Bonchev–Trinajstić information content (AvgIpc) is 2.88. The summed E-state index contributed by atoms with van der Waals surface area (Å²) >= 11 is 6.15. The van der Waals surface area contributed by atoms with Crippen LogP contribution in [0.15, 0.2) is 42.5 Å². The van der Waals surface area contributed by atoms with Gasteiger partial charge in [0.1, 0.15) is 11.8 Å². The van der Waals surface area contributed by atoms with Crippen molar-refractivity contribution in [2.75, 3.05) is 63.1 Å². The third-order valence-electron chi connectivity index (χ3n) is 6.64. The summed E-state index contributed by atoms with van der Waals surface area (Å²) in [7, 11) is 1.65. The predicted molar refractivity (Wildman–Crippen MR) is 140 cm³/mol. The van der Waals surface area contributed by atoms with Crippen molar-refractivity contribution in [2.24, 2.45) is 0 Å². The van der Waals surface area contributed by atoms with E-state index in [2.05, 4.69) is 26.5 Å². The van der Waals surface area contributed by atoms with Gasteiger partial charge in [0.25, 0.3) is 0 Å². The van der Waals surface area contributed by atoms with Crippen LogP contribution in [0, 0.1) is 6.92 Å². The Labute approximate surface area is 216 Å². The van der Waals surface area contributed by atoms with E-state index >= 15 is 0 Å². The number of anilines is 2. The van der Waals surface area contributed by atoms with Gasteiger partial charge in [-0.2, -0.15) is 0 Å². The fourth-order valence-electron chi connectivity index (χ4n) is 4.53. The molecule has 2 fully saturated rings. The number of ether oxygens (including phenoxy) is 1. The van der Waals surface area contributed by atoms with Crippen molar-refractivity contribution >= 4 is 40.7 Å².